The standard InChI is InChI=1S/C17H16N2O5/c1-23-16-8-13(14(19(21)22)9-17(16)24-2)7-15(20)12-5-3-11(10-18)4-6-12/h3-6,8-9,15,20H,7H2,1-2H3/t15-/m1/s1. The lowest BCUT2D eigenvalue weighted by molar-refractivity contribution is -0.385. The van der Waals surface area contributed by atoms with Crippen LogP contribution in [-0.4, -0.2) is 24.2 Å². The lowest BCUT2D eigenvalue weighted by Gasteiger charge is -2.14. The first-order valence-corrected chi connectivity index (χ1v) is 7.07. The number of nitriles is 1. The summed E-state index contributed by atoms with van der Waals surface area (Å²) in [6, 6.07) is 11.2. The molecule has 1 atom stereocenters. The summed E-state index contributed by atoms with van der Waals surface area (Å²) in [7, 11) is 2.83. The molecule has 0 radical (unpaired) electrons. The highest BCUT2D eigenvalue weighted by atomic mass is 16.6. The van der Waals surface area contributed by atoms with Gasteiger partial charge in [0.1, 0.15) is 0 Å². The first-order valence-electron chi connectivity index (χ1n) is 7.07. The van der Waals surface area contributed by atoms with E-state index >= 15 is 0 Å². The van der Waals surface area contributed by atoms with Gasteiger partial charge < -0.3 is 14.6 Å². The van der Waals surface area contributed by atoms with Crippen molar-refractivity contribution >= 4 is 5.69 Å². The molecule has 0 bridgehead atoms. The molecule has 0 spiro atoms. The molecule has 2 rings (SSSR count). The van der Waals surface area contributed by atoms with Gasteiger partial charge in [0.25, 0.3) is 5.69 Å². The van der Waals surface area contributed by atoms with Gasteiger partial charge in [0.15, 0.2) is 11.5 Å². The second kappa shape index (κ2) is 7.44. The first-order chi connectivity index (χ1) is 11.5. The molecule has 0 saturated heterocycles. The smallest absolute Gasteiger partial charge is 0.276 e. The predicted octanol–water partition coefficient (Wildman–Crippen LogP) is 2.76. The minimum absolute atomic E-state index is 0.0303. The van der Waals surface area contributed by atoms with E-state index in [0.29, 0.717) is 22.4 Å². The Morgan fingerprint density at radius 1 is 1.21 bits per heavy atom. The Labute approximate surface area is 138 Å². The Balaban J connectivity index is 2.36. The molecular formula is C17H16N2O5. The van der Waals surface area contributed by atoms with Crippen LogP contribution in [0.4, 0.5) is 5.69 Å². The summed E-state index contributed by atoms with van der Waals surface area (Å²) in [5.41, 5.74) is 1.22. The van der Waals surface area contributed by atoms with Gasteiger partial charge in [-0.25, -0.2) is 0 Å². The number of aliphatic hydroxyl groups is 1. The highest BCUT2D eigenvalue weighted by Crippen LogP contribution is 2.36. The van der Waals surface area contributed by atoms with Gasteiger partial charge in [-0.2, -0.15) is 5.26 Å². The summed E-state index contributed by atoms with van der Waals surface area (Å²) in [6.07, 6.45) is -0.919. The van der Waals surface area contributed by atoms with Crippen LogP contribution < -0.4 is 9.47 Å². The molecule has 0 heterocycles. The van der Waals surface area contributed by atoms with Gasteiger partial charge in [0, 0.05) is 12.0 Å². The molecule has 7 nitrogen and oxygen atoms in total. The maximum Gasteiger partial charge on any atom is 0.276 e. The molecule has 0 aliphatic carbocycles. The van der Waals surface area contributed by atoms with Gasteiger partial charge >= 0.3 is 0 Å². The normalized spacial score (nSPS) is 11.4. The molecular weight excluding hydrogens is 312 g/mol. The molecule has 0 amide bonds. The predicted molar refractivity (Wildman–Crippen MR) is 86.0 cm³/mol. The molecule has 2 aromatic rings. The number of nitro benzene ring substituents is 1. The second-order valence-electron chi connectivity index (χ2n) is 5.05. The Hall–Kier alpha value is -3.11. The van der Waals surface area contributed by atoms with Gasteiger partial charge in [0.2, 0.25) is 0 Å². The lowest BCUT2D eigenvalue weighted by Crippen LogP contribution is -2.06. The maximum absolute atomic E-state index is 11.3. The zero-order valence-electron chi connectivity index (χ0n) is 13.2. The fourth-order valence-electron chi connectivity index (χ4n) is 2.35. The summed E-state index contributed by atoms with van der Waals surface area (Å²) in [6.45, 7) is 0. The average molecular weight is 328 g/mol. The van der Waals surface area contributed by atoms with E-state index in [1.54, 1.807) is 24.3 Å². The maximum atomic E-state index is 11.3. The topological polar surface area (TPSA) is 106 Å². The Bertz CT molecular complexity index is 781. The summed E-state index contributed by atoms with van der Waals surface area (Å²) in [4.78, 5) is 10.8. The quantitative estimate of drug-likeness (QED) is 0.645. The van der Waals surface area contributed by atoms with Gasteiger partial charge in [-0.1, -0.05) is 12.1 Å². The largest absolute Gasteiger partial charge is 0.493 e. The Morgan fingerprint density at radius 2 is 1.79 bits per heavy atom. The zero-order valence-corrected chi connectivity index (χ0v) is 13.2. The highest BCUT2D eigenvalue weighted by Gasteiger charge is 2.22. The molecule has 0 aromatic heterocycles. The van der Waals surface area contributed by atoms with Crippen molar-refractivity contribution in [3.8, 4) is 17.6 Å². The average Bonchev–Trinajstić information content (AvgIpc) is 2.61. The van der Waals surface area contributed by atoms with E-state index in [1.165, 1.54) is 26.4 Å². The van der Waals surface area contributed by atoms with Crippen molar-refractivity contribution in [3.05, 3.63) is 63.2 Å². The molecule has 24 heavy (non-hydrogen) atoms. The van der Waals surface area contributed by atoms with Crippen molar-refractivity contribution in [2.45, 2.75) is 12.5 Å². The molecule has 0 aliphatic rings. The molecule has 124 valence electrons. The van der Waals surface area contributed by atoms with Crippen LogP contribution in [0.5, 0.6) is 11.5 Å². The van der Waals surface area contributed by atoms with Crippen molar-refractivity contribution in [1.29, 1.82) is 5.26 Å². The number of hydrogen-bond acceptors (Lipinski definition) is 6. The van der Waals surface area contributed by atoms with Crippen molar-refractivity contribution in [2.75, 3.05) is 14.2 Å². The summed E-state index contributed by atoms with van der Waals surface area (Å²) < 4.78 is 10.2. The number of ether oxygens (including phenoxy) is 2. The number of nitrogens with zero attached hydrogens (tertiary/aromatic N) is 2. The number of hydrogen-bond donors (Lipinski definition) is 1. The summed E-state index contributed by atoms with van der Waals surface area (Å²) in [5.74, 6) is 0.603. The number of rotatable bonds is 6. The van der Waals surface area contributed by atoms with Crippen LogP contribution in [0.15, 0.2) is 36.4 Å². The van der Waals surface area contributed by atoms with E-state index in [-0.39, 0.29) is 17.9 Å². The fraction of sp³-hybridized carbons (Fsp3) is 0.235. The van der Waals surface area contributed by atoms with Crippen LogP contribution in [0.25, 0.3) is 0 Å². The first kappa shape index (κ1) is 17.2. The Kier molecular flexibility index (Phi) is 5.35. The highest BCUT2D eigenvalue weighted by molar-refractivity contribution is 5.54. The SMILES string of the molecule is COc1cc(C[C@@H](O)c2ccc(C#N)cc2)c([N+](=O)[O-])cc1OC. The Morgan fingerprint density at radius 3 is 2.29 bits per heavy atom. The van der Waals surface area contributed by atoms with Gasteiger partial charge in [-0.05, 0) is 23.8 Å². The van der Waals surface area contributed by atoms with E-state index in [4.69, 9.17) is 14.7 Å². The van der Waals surface area contributed by atoms with Gasteiger partial charge in [-0.15, -0.1) is 0 Å². The molecule has 7 heteroatoms. The van der Waals surface area contributed by atoms with E-state index in [9.17, 15) is 15.2 Å². The zero-order chi connectivity index (χ0) is 17.7. The van der Waals surface area contributed by atoms with Crippen molar-refractivity contribution in [1.82, 2.24) is 0 Å². The van der Waals surface area contributed by atoms with Crippen molar-refractivity contribution in [2.24, 2.45) is 0 Å². The fourth-order valence-corrected chi connectivity index (χ4v) is 2.35. The van der Waals surface area contributed by atoms with Crippen molar-refractivity contribution in [3.63, 3.8) is 0 Å². The van der Waals surface area contributed by atoms with Crippen LogP contribution in [0.1, 0.15) is 22.8 Å². The van der Waals surface area contributed by atoms with Crippen molar-refractivity contribution < 1.29 is 19.5 Å². The van der Waals surface area contributed by atoms with E-state index < -0.39 is 11.0 Å². The van der Waals surface area contributed by atoms with Crippen LogP contribution in [0, 0.1) is 21.4 Å². The molecule has 0 unspecified atom stereocenters. The second-order valence-corrected chi connectivity index (χ2v) is 5.05. The monoisotopic (exact) mass is 328 g/mol. The molecule has 0 saturated carbocycles. The third-order valence-electron chi connectivity index (χ3n) is 3.62. The molecule has 0 aliphatic heterocycles. The van der Waals surface area contributed by atoms with Crippen LogP contribution in [0.2, 0.25) is 0 Å². The van der Waals surface area contributed by atoms with E-state index in [1.807, 2.05) is 6.07 Å². The summed E-state index contributed by atoms with van der Waals surface area (Å²) in [5, 5.41) is 30.4. The summed E-state index contributed by atoms with van der Waals surface area (Å²) >= 11 is 0. The number of nitro groups is 1. The van der Waals surface area contributed by atoms with E-state index in [2.05, 4.69) is 0 Å². The van der Waals surface area contributed by atoms with Gasteiger partial charge in [0.05, 0.1) is 42.9 Å². The van der Waals surface area contributed by atoms with Crippen LogP contribution in [-0.2, 0) is 6.42 Å². The lowest BCUT2D eigenvalue weighted by atomic mass is 9.99. The van der Waals surface area contributed by atoms with Gasteiger partial charge in [-0.3, -0.25) is 10.1 Å². The minimum Gasteiger partial charge on any atom is -0.493 e. The number of benzene rings is 2. The number of methoxy groups -OCH3 is 2. The minimum atomic E-state index is -0.949. The number of aliphatic hydroxyl groups excluding tert-OH is 1. The van der Waals surface area contributed by atoms with E-state index in [0.717, 1.165) is 0 Å². The molecule has 1 N–H and O–H groups in total. The third-order valence-corrected chi connectivity index (χ3v) is 3.62. The third kappa shape index (κ3) is 3.62. The van der Waals surface area contributed by atoms with Crippen LogP contribution in [0.3, 0.4) is 0 Å². The molecule has 2 aromatic carbocycles. The molecule has 0 fully saturated rings. The van der Waals surface area contributed by atoms with Crippen LogP contribution >= 0.6 is 0 Å².